The highest BCUT2D eigenvalue weighted by Gasteiger charge is 2.26. The van der Waals surface area contributed by atoms with Gasteiger partial charge in [0.05, 0.1) is 6.42 Å². The third-order valence-electron chi connectivity index (χ3n) is 6.30. The molecule has 0 radical (unpaired) electrons. The minimum absolute atomic E-state index is 0.0639. The monoisotopic (exact) mass is 452 g/mol. The molecule has 2 heterocycles. The summed E-state index contributed by atoms with van der Waals surface area (Å²) < 4.78 is 6.89. The number of carbonyl (C=O) groups is 2. The Kier molecular flexibility index (Phi) is 5.72. The summed E-state index contributed by atoms with van der Waals surface area (Å²) in [6.07, 6.45) is 0.892. The van der Waals surface area contributed by atoms with Crippen molar-refractivity contribution in [2.24, 2.45) is 7.05 Å². The summed E-state index contributed by atoms with van der Waals surface area (Å²) in [4.78, 5) is 40.8. The summed E-state index contributed by atoms with van der Waals surface area (Å²) in [5.41, 5.74) is 3.42. The van der Waals surface area contributed by atoms with E-state index in [1.165, 1.54) is 4.57 Å². The van der Waals surface area contributed by atoms with Gasteiger partial charge in [-0.2, -0.15) is 0 Å². The van der Waals surface area contributed by atoms with Crippen LogP contribution in [-0.2, 0) is 23.0 Å². The van der Waals surface area contributed by atoms with E-state index in [0.29, 0.717) is 22.9 Å². The third-order valence-corrected chi connectivity index (χ3v) is 6.30. The molecule has 170 valence electrons. The zero-order chi connectivity index (χ0) is 23.7. The molecule has 0 bridgehead atoms. The number of fused-ring (bicyclic) bond motifs is 2. The summed E-state index contributed by atoms with van der Waals surface area (Å²) in [6.45, 7) is 0.565. The van der Waals surface area contributed by atoms with E-state index in [1.807, 2.05) is 66.7 Å². The molecule has 6 heteroatoms. The molecule has 0 atom stereocenters. The van der Waals surface area contributed by atoms with Crippen molar-refractivity contribution in [2.75, 3.05) is 18.1 Å². The van der Waals surface area contributed by atoms with Gasteiger partial charge in [-0.3, -0.25) is 9.59 Å². The van der Waals surface area contributed by atoms with Crippen molar-refractivity contribution in [2.45, 2.75) is 12.8 Å². The number of esters is 1. The zero-order valence-electron chi connectivity index (χ0n) is 18.9. The molecule has 0 N–H and O–H groups in total. The van der Waals surface area contributed by atoms with Crippen LogP contribution < -0.4 is 10.5 Å². The molecule has 5 rings (SSSR count). The van der Waals surface area contributed by atoms with E-state index in [1.54, 1.807) is 24.1 Å². The molecule has 6 nitrogen and oxygen atoms in total. The van der Waals surface area contributed by atoms with Crippen LogP contribution in [0.4, 0.5) is 5.69 Å². The standard InChI is InChI=1S/C28H24N2O4/c1-29-26(25(20-10-3-2-4-11-20)21-12-6-7-13-22(21)27(29)32)28(33)34-18-16-24(31)30-17-15-19-9-5-8-14-23(19)30/h2-14H,15-18H2,1H3. The molecule has 0 aliphatic carbocycles. The molecular formula is C28H24N2O4. The second kappa shape index (κ2) is 8.98. The van der Waals surface area contributed by atoms with Gasteiger partial charge in [-0.1, -0.05) is 66.7 Å². The Balaban J connectivity index is 1.42. The molecule has 0 unspecified atom stereocenters. The number of anilines is 1. The van der Waals surface area contributed by atoms with Gasteiger partial charge in [0.25, 0.3) is 5.56 Å². The van der Waals surface area contributed by atoms with Crippen LogP contribution in [0.1, 0.15) is 22.5 Å². The van der Waals surface area contributed by atoms with Crippen LogP contribution in [0.2, 0.25) is 0 Å². The molecule has 1 amide bonds. The first-order valence-corrected chi connectivity index (χ1v) is 11.3. The molecule has 0 saturated heterocycles. The fraction of sp³-hybridized carbons (Fsp3) is 0.179. The Labute approximate surface area is 197 Å². The fourth-order valence-corrected chi connectivity index (χ4v) is 4.63. The van der Waals surface area contributed by atoms with E-state index >= 15 is 0 Å². The number of nitrogens with zero attached hydrogens (tertiary/aromatic N) is 2. The van der Waals surface area contributed by atoms with Crippen LogP contribution in [0.25, 0.3) is 21.9 Å². The van der Waals surface area contributed by atoms with E-state index in [4.69, 9.17) is 4.74 Å². The van der Waals surface area contributed by atoms with Gasteiger partial charge in [0, 0.05) is 30.2 Å². The number of amides is 1. The van der Waals surface area contributed by atoms with Crippen LogP contribution in [0.3, 0.4) is 0 Å². The summed E-state index contributed by atoms with van der Waals surface area (Å²) >= 11 is 0. The van der Waals surface area contributed by atoms with E-state index in [-0.39, 0.29) is 30.2 Å². The largest absolute Gasteiger partial charge is 0.460 e. The number of benzene rings is 3. The van der Waals surface area contributed by atoms with Crippen molar-refractivity contribution in [1.29, 1.82) is 0 Å². The Morgan fingerprint density at radius 2 is 1.56 bits per heavy atom. The van der Waals surface area contributed by atoms with Crippen molar-refractivity contribution in [3.63, 3.8) is 0 Å². The topological polar surface area (TPSA) is 68.6 Å². The SMILES string of the molecule is Cn1c(C(=O)OCCC(=O)N2CCc3ccccc32)c(-c2ccccc2)c2ccccc2c1=O. The van der Waals surface area contributed by atoms with Gasteiger partial charge >= 0.3 is 5.97 Å². The molecule has 1 aromatic heterocycles. The number of rotatable bonds is 5. The lowest BCUT2D eigenvalue weighted by Gasteiger charge is -2.18. The van der Waals surface area contributed by atoms with Crippen LogP contribution in [0, 0.1) is 0 Å². The van der Waals surface area contributed by atoms with Gasteiger partial charge in [-0.25, -0.2) is 4.79 Å². The van der Waals surface area contributed by atoms with Crippen molar-refractivity contribution in [3.05, 3.63) is 100 Å². The maximum absolute atomic E-state index is 13.2. The summed E-state index contributed by atoms with van der Waals surface area (Å²) in [5, 5.41) is 1.22. The molecule has 0 fully saturated rings. The number of ether oxygens (including phenoxy) is 1. The lowest BCUT2D eigenvalue weighted by atomic mass is 9.97. The second-order valence-electron chi connectivity index (χ2n) is 8.31. The first kappa shape index (κ1) is 21.6. The van der Waals surface area contributed by atoms with Crippen molar-refractivity contribution in [3.8, 4) is 11.1 Å². The average Bonchev–Trinajstić information content (AvgIpc) is 3.31. The molecule has 4 aromatic rings. The Morgan fingerprint density at radius 1 is 0.882 bits per heavy atom. The lowest BCUT2D eigenvalue weighted by molar-refractivity contribution is -0.119. The Hall–Kier alpha value is -4.19. The maximum Gasteiger partial charge on any atom is 0.355 e. The number of carbonyl (C=O) groups excluding carboxylic acids is 2. The predicted molar refractivity (Wildman–Crippen MR) is 132 cm³/mol. The molecular weight excluding hydrogens is 428 g/mol. The highest BCUT2D eigenvalue weighted by atomic mass is 16.5. The zero-order valence-corrected chi connectivity index (χ0v) is 18.9. The van der Waals surface area contributed by atoms with Crippen LogP contribution in [0.15, 0.2) is 83.7 Å². The molecule has 1 aliphatic heterocycles. The van der Waals surface area contributed by atoms with Gasteiger partial charge in [0.2, 0.25) is 5.91 Å². The quantitative estimate of drug-likeness (QED) is 0.423. The lowest BCUT2D eigenvalue weighted by Crippen LogP contribution is -2.30. The minimum Gasteiger partial charge on any atom is -0.460 e. The molecule has 0 saturated carbocycles. The average molecular weight is 453 g/mol. The van der Waals surface area contributed by atoms with Gasteiger partial charge in [0.1, 0.15) is 12.3 Å². The Bertz CT molecular complexity index is 1460. The smallest absolute Gasteiger partial charge is 0.355 e. The highest BCUT2D eigenvalue weighted by Crippen LogP contribution is 2.31. The van der Waals surface area contributed by atoms with E-state index in [9.17, 15) is 14.4 Å². The van der Waals surface area contributed by atoms with E-state index in [2.05, 4.69) is 0 Å². The molecule has 34 heavy (non-hydrogen) atoms. The van der Waals surface area contributed by atoms with Gasteiger partial charge < -0.3 is 14.2 Å². The number of hydrogen-bond donors (Lipinski definition) is 0. The van der Waals surface area contributed by atoms with Gasteiger partial charge in [-0.05, 0) is 35.1 Å². The normalized spacial score (nSPS) is 12.6. The summed E-state index contributed by atoms with van der Waals surface area (Å²) in [5.74, 6) is -0.715. The van der Waals surface area contributed by atoms with E-state index in [0.717, 1.165) is 23.2 Å². The molecule has 0 spiro atoms. The first-order valence-electron chi connectivity index (χ1n) is 11.3. The van der Waals surface area contributed by atoms with Crippen LogP contribution in [-0.4, -0.2) is 29.6 Å². The van der Waals surface area contributed by atoms with E-state index < -0.39 is 5.97 Å². The third kappa shape index (κ3) is 3.77. The summed E-state index contributed by atoms with van der Waals surface area (Å²) in [7, 11) is 1.57. The minimum atomic E-state index is -0.626. The van der Waals surface area contributed by atoms with Crippen molar-refractivity contribution < 1.29 is 14.3 Å². The van der Waals surface area contributed by atoms with Gasteiger partial charge in [-0.15, -0.1) is 0 Å². The van der Waals surface area contributed by atoms with Crippen LogP contribution >= 0.6 is 0 Å². The van der Waals surface area contributed by atoms with Gasteiger partial charge in [0.15, 0.2) is 0 Å². The number of pyridine rings is 1. The first-order chi connectivity index (χ1) is 16.6. The molecule has 3 aromatic carbocycles. The summed E-state index contributed by atoms with van der Waals surface area (Å²) in [6, 6.07) is 24.5. The van der Waals surface area contributed by atoms with Crippen molar-refractivity contribution in [1.82, 2.24) is 4.57 Å². The second-order valence-corrected chi connectivity index (χ2v) is 8.31. The molecule has 1 aliphatic rings. The number of hydrogen-bond acceptors (Lipinski definition) is 4. The Morgan fingerprint density at radius 3 is 2.35 bits per heavy atom. The van der Waals surface area contributed by atoms with Crippen LogP contribution in [0.5, 0.6) is 0 Å². The predicted octanol–water partition coefficient (Wildman–Crippen LogP) is 4.34. The number of para-hydroxylation sites is 1. The highest BCUT2D eigenvalue weighted by molar-refractivity contribution is 6.06. The number of aromatic nitrogens is 1. The fourth-order valence-electron chi connectivity index (χ4n) is 4.63. The van der Waals surface area contributed by atoms with Crippen molar-refractivity contribution >= 4 is 28.3 Å². The maximum atomic E-state index is 13.2.